The third kappa shape index (κ3) is 6.90. The Labute approximate surface area is 172 Å². The highest BCUT2D eigenvalue weighted by Gasteiger charge is 2.16. The van der Waals surface area contributed by atoms with Gasteiger partial charge in [0.05, 0.1) is 19.4 Å². The maximum absolute atomic E-state index is 5.56. The number of anilines is 1. The van der Waals surface area contributed by atoms with Gasteiger partial charge < -0.3 is 14.4 Å². The normalized spacial score (nSPS) is 11.9. The maximum atomic E-state index is 5.56. The highest BCUT2D eigenvalue weighted by Crippen LogP contribution is 2.30. The van der Waals surface area contributed by atoms with Crippen molar-refractivity contribution in [1.82, 2.24) is 10.2 Å². The van der Waals surface area contributed by atoms with E-state index >= 15 is 0 Å². The van der Waals surface area contributed by atoms with Crippen LogP contribution in [-0.2, 0) is 4.74 Å². The van der Waals surface area contributed by atoms with Gasteiger partial charge in [0.25, 0.3) is 0 Å². The summed E-state index contributed by atoms with van der Waals surface area (Å²) >= 11 is 1.60. The Bertz CT molecular complexity index is 765. The van der Waals surface area contributed by atoms with E-state index in [0.29, 0.717) is 25.6 Å². The average molecular weight is 400 g/mol. The fourth-order valence-corrected chi connectivity index (χ4v) is 3.39. The lowest BCUT2D eigenvalue weighted by Crippen LogP contribution is -2.31. The van der Waals surface area contributed by atoms with Gasteiger partial charge in [-0.25, -0.2) is 0 Å². The lowest BCUT2D eigenvalue weighted by molar-refractivity contribution is 0.254. The fourth-order valence-electron chi connectivity index (χ4n) is 2.51. The van der Waals surface area contributed by atoms with E-state index in [1.54, 1.807) is 17.6 Å². The van der Waals surface area contributed by atoms with Crippen LogP contribution < -0.4 is 9.64 Å². The zero-order valence-corrected chi connectivity index (χ0v) is 17.7. The molecule has 0 aliphatic rings. The minimum absolute atomic E-state index is 0.565. The molecule has 0 aliphatic heterocycles. The summed E-state index contributed by atoms with van der Waals surface area (Å²) in [5.74, 6) is 3.98. The van der Waals surface area contributed by atoms with E-state index in [2.05, 4.69) is 34.9 Å². The van der Waals surface area contributed by atoms with Crippen molar-refractivity contribution < 1.29 is 9.47 Å². The summed E-state index contributed by atoms with van der Waals surface area (Å²) in [5.41, 5.74) is 1.05. The number of allylic oxidation sites excluding steroid dienone is 1. The van der Waals surface area contributed by atoms with Gasteiger partial charge in [0.1, 0.15) is 17.4 Å². The molecule has 1 atom stereocenters. The van der Waals surface area contributed by atoms with Gasteiger partial charge in [0.15, 0.2) is 0 Å². The lowest BCUT2D eigenvalue weighted by Gasteiger charge is -2.24. The van der Waals surface area contributed by atoms with Crippen LogP contribution in [0.3, 0.4) is 0 Å². The maximum Gasteiger partial charge on any atom is 0.208 e. The number of terminal acetylenes is 1. The molecule has 0 amide bonds. The van der Waals surface area contributed by atoms with E-state index < -0.39 is 0 Å². The summed E-state index contributed by atoms with van der Waals surface area (Å²) in [6.45, 7) is 9.34. The van der Waals surface area contributed by atoms with Crippen LogP contribution in [0.25, 0.3) is 10.6 Å². The van der Waals surface area contributed by atoms with Crippen molar-refractivity contribution in [2.45, 2.75) is 33.6 Å². The molecule has 0 bridgehead atoms. The van der Waals surface area contributed by atoms with Gasteiger partial charge in [0, 0.05) is 18.5 Å². The molecule has 150 valence electrons. The van der Waals surface area contributed by atoms with Crippen LogP contribution in [-0.4, -0.2) is 36.5 Å². The second-order valence-electron chi connectivity index (χ2n) is 6.46. The van der Waals surface area contributed by atoms with Gasteiger partial charge in [-0.1, -0.05) is 31.6 Å². The minimum Gasteiger partial charge on any atom is -0.500 e. The van der Waals surface area contributed by atoms with E-state index in [-0.39, 0.29) is 0 Å². The molecule has 0 aliphatic carbocycles. The van der Waals surface area contributed by atoms with Crippen molar-refractivity contribution in [3.8, 4) is 28.7 Å². The average Bonchev–Trinajstić information content (AvgIpc) is 3.20. The first-order valence-corrected chi connectivity index (χ1v) is 10.5. The molecule has 1 heterocycles. The van der Waals surface area contributed by atoms with Crippen molar-refractivity contribution in [2.24, 2.45) is 5.92 Å². The molecule has 2 rings (SSSR count). The number of benzene rings is 1. The fraction of sp³-hybridized carbons (Fsp3) is 0.455. The highest BCUT2D eigenvalue weighted by atomic mass is 32.1. The summed E-state index contributed by atoms with van der Waals surface area (Å²) in [6.07, 6.45) is 10.4. The second-order valence-corrected chi connectivity index (χ2v) is 7.41. The van der Waals surface area contributed by atoms with Gasteiger partial charge in [-0.2, -0.15) is 0 Å². The second kappa shape index (κ2) is 12.0. The molecule has 6 heteroatoms. The van der Waals surface area contributed by atoms with Crippen molar-refractivity contribution in [3.05, 3.63) is 36.6 Å². The number of hydrogen-bond acceptors (Lipinski definition) is 6. The van der Waals surface area contributed by atoms with Crippen molar-refractivity contribution >= 4 is 16.5 Å². The van der Waals surface area contributed by atoms with Crippen LogP contribution in [0, 0.1) is 18.3 Å². The summed E-state index contributed by atoms with van der Waals surface area (Å²) in [6, 6.07) is 7.97. The van der Waals surface area contributed by atoms with Gasteiger partial charge >= 0.3 is 0 Å². The number of rotatable bonds is 12. The van der Waals surface area contributed by atoms with E-state index in [4.69, 9.17) is 15.9 Å². The molecule has 28 heavy (non-hydrogen) atoms. The molecule has 0 saturated carbocycles. The zero-order valence-electron chi connectivity index (χ0n) is 16.9. The highest BCUT2D eigenvalue weighted by molar-refractivity contribution is 7.18. The summed E-state index contributed by atoms with van der Waals surface area (Å²) < 4.78 is 11.1. The molecule has 2 aromatic rings. The van der Waals surface area contributed by atoms with E-state index in [1.165, 1.54) is 0 Å². The smallest absolute Gasteiger partial charge is 0.208 e. The molecule has 1 unspecified atom stereocenters. The SMILES string of the molecule is C#CC/C=C/OCCN(CC(C)CC)c1nnc(-c2ccc(OCC)cc2)s1. The Hall–Kier alpha value is -2.52. The third-order valence-electron chi connectivity index (χ3n) is 4.23. The largest absolute Gasteiger partial charge is 0.500 e. The van der Waals surface area contributed by atoms with Gasteiger partial charge in [-0.05, 0) is 43.2 Å². The van der Waals surface area contributed by atoms with Crippen LogP contribution in [0.1, 0.15) is 33.6 Å². The number of hydrogen-bond donors (Lipinski definition) is 0. The van der Waals surface area contributed by atoms with Gasteiger partial charge in [-0.15, -0.1) is 22.5 Å². The van der Waals surface area contributed by atoms with E-state index in [1.807, 2.05) is 37.3 Å². The quantitative estimate of drug-likeness (QED) is 0.285. The third-order valence-corrected chi connectivity index (χ3v) is 5.27. The van der Waals surface area contributed by atoms with E-state index in [0.717, 1.165) is 41.0 Å². The van der Waals surface area contributed by atoms with Crippen LogP contribution >= 0.6 is 11.3 Å². The van der Waals surface area contributed by atoms with Gasteiger partial charge in [0.2, 0.25) is 5.13 Å². The van der Waals surface area contributed by atoms with E-state index in [9.17, 15) is 0 Å². The number of ether oxygens (including phenoxy) is 2. The topological polar surface area (TPSA) is 47.5 Å². The summed E-state index contributed by atoms with van der Waals surface area (Å²) in [5, 5.41) is 10.6. The molecule has 0 saturated heterocycles. The Kier molecular flexibility index (Phi) is 9.36. The standard InChI is InChI=1S/C22H29N3O2S/c1-5-8-9-15-26-16-14-25(17-18(4)6-2)22-24-23-21(28-22)19-10-12-20(13-11-19)27-7-3/h1,9-13,15,18H,6-8,14,16-17H2,2-4H3/b15-9+. The molecule has 0 radical (unpaired) electrons. The molecule has 5 nitrogen and oxygen atoms in total. The number of nitrogens with zero attached hydrogens (tertiary/aromatic N) is 3. The summed E-state index contributed by atoms with van der Waals surface area (Å²) in [4.78, 5) is 2.25. The van der Waals surface area contributed by atoms with Crippen molar-refractivity contribution in [1.29, 1.82) is 0 Å². The van der Waals surface area contributed by atoms with Crippen molar-refractivity contribution in [3.63, 3.8) is 0 Å². The Morgan fingerprint density at radius 2 is 2.04 bits per heavy atom. The Morgan fingerprint density at radius 1 is 1.25 bits per heavy atom. The van der Waals surface area contributed by atoms with Crippen LogP contribution in [0.15, 0.2) is 36.6 Å². The van der Waals surface area contributed by atoms with Crippen LogP contribution in [0.4, 0.5) is 5.13 Å². The van der Waals surface area contributed by atoms with Crippen molar-refractivity contribution in [2.75, 3.05) is 31.2 Å². The minimum atomic E-state index is 0.565. The first-order chi connectivity index (χ1) is 13.7. The predicted molar refractivity (Wildman–Crippen MR) is 117 cm³/mol. The molecule has 0 fully saturated rings. The first kappa shape index (κ1) is 21.8. The Balaban J connectivity index is 2.05. The first-order valence-electron chi connectivity index (χ1n) is 9.69. The monoisotopic (exact) mass is 399 g/mol. The van der Waals surface area contributed by atoms with Gasteiger partial charge in [-0.3, -0.25) is 0 Å². The van der Waals surface area contributed by atoms with Crippen LogP contribution in [0.2, 0.25) is 0 Å². The molecule has 0 spiro atoms. The summed E-state index contributed by atoms with van der Waals surface area (Å²) in [7, 11) is 0. The zero-order chi connectivity index (χ0) is 20.2. The molecular formula is C22H29N3O2S. The Morgan fingerprint density at radius 3 is 2.71 bits per heavy atom. The molecule has 1 aromatic carbocycles. The van der Waals surface area contributed by atoms with Crippen LogP contribution in [0.5, 0.6) is 5.75 Å². The number of aromatic nitrogens is 2. The molecular weight excluding hydrogens is 370 g/mol. The molecule has 1 aromatic heterocycles. The predicted octanol–water partition coefficient (Wildman–Crippen LogP) is 5.01. The lowest BCUT2D eigenvalue weighted by atomic mass is 10.1. The molecule has 0 N–H and O–H groups in total.